The number of anilines is 1. The zero-order chi connectivity index (χ0) is 13.1. The number of hydrogen-bond donors (Lipinski definition) is 2. The van der Waals surface area contributed by atoms with E-state index in [4.69, 9.17) is 0 Å². The van der Waals surface area contributed by atoms with Crippen molar-refractivity contribution in [2.75, 3.05) is 18.4 Å². The quantitative estimate of drug-likeness (QED) is 0.885. The van der Waals surface area contributed by atoms with E-state index in [2.05, 4.69) is 62.3 Å². The van der Waals surface area contributed by atoms with Crippen LogP contribution in [-0.4, -0.2) is 13.1 Å². The standard InChI is InChI=1S/C15H17BrN2S/c16-13-5-6-19-15(13)10-17-8-11-7-12-3-1-2-4-14(12)18-9-11/h1-6,11,17-18H,7-10H2. The summed E-state index contributed by atoms with van der Waals surface area (Å²) in [7, 11) is 0. The number of benzene rings is 1. The first-order valence-corrected chi connectivity index (χ1v) is 8.24. The Labute approximate surface area is 126 Å². The molecule has 0 aliphatic carbocycles. The first-order valence-electron chi connectivity index (χ1n) is 6.57. The molecular weight excluding hydrogens is 320 g/mol. The van der Waals surface area contributed by atoms with E-state index in [1.165, 1.54) is 27.0 Å². The fourth-order valence-electron chi connectivity index (χ4n) is 2.49. The molecule has 1 aromatic heterocycles. The molecule has 0 saturated heterocycles. The topological polar surface area (TPSA) is 24.1 Å². The van der Waals surface area contributed by atoms with Gasteiger partial charge in [-0.05, 0) is 51.3 Å². The van der Waals surface area contributed by atoms with E-state index in [9.17, 15) is 0 Å². The maximum atomic E-state index is 3.57. The van der Waals surface area contributed by atoms with Crippen LogP contribution in [0.15, 0.2) is 40.2 Å². The van der Waals surface area contributed by atoms with Crippen molar-refractivity contribution in [1.82, 2.24) is 5.32 Å². The second-order valence-electron chi connectivity index (χ2n) is 4.93. The van der Waals surface area contributed by atoms with Gasteiger partial charge in [0.25, 0.3) is 0 Å². The van der Waals surface area contributed by atoms with Crippen molar-refractivity contribution in [3.63, 3.8) is 0 Å². The summed E-state index contributed by atoms with van der Waals surface area (Å²) in [6, 6.07) is 10.7. The van der Waals surface area contributed by atoms with Gasteiger partial charge < -0.3 is 10.6 Å². The Kier molecular flexibility index (Phi) is 4.21. The van der Waals surface area contributed by atoms with Gasteiger partial charge in [0.05, 0.1) is 0 Å². The van der Waals surface area contributed by atoms with Gasteiger partial charge in [-0.1, -0.05) is 18.2 Å². The minimum absolute atomic E-state index is 0.675. The van der Waals surface area contributed by atoms with Crippen LogP contribution in [0.1, 0.15) is 10.4 Å². The molecule has 0 spiro atoms. The van der Waals surface area contributed by atoms with Gasteiger partial charge >= 0.3 is 0 Å². The molecule has 3 rings (SSSR count). The maximum absolute atomic E-state index is 3.57. The van der Waals surface area contributed by atoms with Gasteiger partial charge in [-0.25, -0.2) is 0 Å². The number of hydrogen-bond acceptors (Lipinski definition) is 3. The highest BCUT2D eigenvalue weighted by Crippen LogP contribution is 2.25. The van der Waals surface area contributed by atoms with Crippen molar-refractivity contribution >= 4 is 33.0 Å². The van der Waals surface area contributed by atoms with Crippen LogP contribution in [-0.2, 0) is 13.0 Å². The molecule has 0 fully saturated rings. The summed E-state index contributed by atoms with van der Waals surface area (Å²) in [5.41, 5.74) is 2.75. The van der Waals surface area contributed by atoms with E-state index in [1.807, 2.05) is 0 Å². The number of fused-ring (bicyclic) bond motifs is 1. The first kappa shape index (κ1) is 13.2. The molecule has 2 nitrogen and oxygen atoms in total. The van der Waals surface area contributed by atoms with Crippen LogP contribution in [0.3, 0.4) is 0 Å². The molecule has 0 amide bonds. The van der Waals surface area contributed by atoms with Crippen LogP contribution in [0.25, 0.3) is 0 Å². The summed E-state index contributed by atoms with van der Waals surface area (Å²) in [4.78, 5) is 1.38. The monoisotopic (exact) mass is 336 g/mol. The first-order chi connectivity index (χ1) is 9.33. The van der Waals surface area contributed by atoms with Gasteiger partial charge in [-0.3, -0.25) is 0 Å². The van der Waals surface area contributed by atoms with Gasteiger partial charge in [0.2, 0.25) is 0 Å². The van der Waals surface area contributed by atoms with E-state index in [1.54, 1.807) is 11.3 Å². The number of para-hydroxylation sites is 1. The summed E-state index contributed by atoms with van der Waals surface area (Å²) in [6.45, 7) is 3.08. The summed E-state index contributed by atoms with van der Waals surface area (Å²) in [6.07, 6.45) is 1.17. The Bertz CT molecular complexity index is 553. The van der Waals surface area contributed by atoms with Crippen LogP contribution < -0.4 is 10.6 Å². The zero-order valence-electron chi connectivity index (χ0n) is 10.7. The highest BCUT2D eigenvalue weighted by molar-refractivity contribution is 9.10. The number of rotatable bonds is 4. The Morgan fingerprint density at radius 3 is 3.05 bits per heavy atom. The van der Waals surface area contributed by atoms with Crippen LogP contribution in [0.4, 0.5) is 5.69 Å². The molecule has 1 aliphatic rings. The highest BCUT2D eigenvalue weighted by atomic mass is 79.9. The maximum Gasteiger partial charge on any atom is 0.0372 e. The van der Waals surface area contributed by atoms with Gasteiger partial charge in [0.1, 0.15) is 0 Å². The third-order valence-corrected chi connectivity index (χ3v) is 5.44. The van der Waals surface area contributed by atoms with Gasteiger partial charge in [0.15, 0.2) is 0 Å². The molecule has 2 N–H and O–H groups in total. The van der Waals surface area contributed by atoms with Crippen molar-refractivity contribution < 1.29 is 0 Å². The predicted molar refractivity (Wildman–Crippen MR) is 85.9 cm³/mol. The average Bonchev–Trinajstić information content (AvgIpc) is 2.84. The summed E-state index contributed by atoms with van der Waals surface area (Å²) >= 11 is 5.37. The predicted octanol–water partition coefficient (Wildman–Crippen LogP) is 3.88. The largest absolute Gasteiger partial charge is 0.384 e. The molecule has 0 saturated carbocycles. The molecule has 4 heteroatoms. The van der Waals surface area contributed by atoms with E-state index in [-0.39, 0.29) is 0 Å². The van der Waals surface area contributed by atoms with E-state index in [0.29, 0.717) is 5.92 Å². The Morgan fingerprint density at radius 2 is 2.21 bits per heavy atom. The van der Waals surface area contributed by atoms with Crippen LogP contribution in [0.2, 0.25) is 0 Å². The molecule has 100 valence electrons. The van der Waals surface area contributed by atoms with E-state index >= 15 is 0 Å². The number of nitrogens with one attached hydrogen (secondary N) is 2. The lowest BCUT2D eigenvalue weighted by Crippen LogP contribution is -2.32. The van der Waals surface area contributed by atoms with E-state index in [0.717, 1.165) is 19.6 Å². The SMILES string of the molecule is Brc1ccsc1CNCC1CNc2ccccc2C1. The molecule has 1 aliphatic heterocycles. The highest BCUT2D eigenvalue weighted by Gasteiger charge is 2.17. The summed E-state index contributed by atoms with van der Waals surface area (Å²) < 4.78 is 1.22. The molecule has 2 heterocycles. The smallest absolute Gasteiger partial charge is 0.0372 e. The fraction of sp³-hybridized carbons (Fsp3) is 0.333. The Hall–Kier alpha value is -0.840. The molecule has 1 atom stereocenters. The van der Waals surface area contributed by atoms with Crippen molar-refractivity contribution in [2.45, 2.75) is 13.0 Å². The van der Waals surface area contributed by atoms with Crippen molar-refractivity contribution in [2.24, 2.45) is 5.92 Å². The molecule has 1 unspecified atom stereocenters. The van der Waals surface area contributed by atoms with Crippen LogP contribution >= 0.6 is 27.3 Å². The summed E-state index contributed by atoms with van der Waals surface area (Å²) in [5, 5.41) is 9.22. The minimum atomic E-state index is 0.675. The second kappa shape index (κ2) is 6.07. The fourth-order valence-corrected chi connectivity index (χ4v) is 3.96. The third-order valence-electron chi connectivity index (χ3n) is 3.52. The van der Waals surface area contributed by atoms with Crippen LogP contribution in [0, 0.1) is 5.92 Å². The molecular formula is C15H17BrN2S. The lowest BCUT2D eigenvalue weighted by Gasteiger charge is -2.26. The molecule has 0 bridgehead atoms. The minimum Gasteiger partial charge on any atom is -0.384 e. The number of halogens is 1. The zero-order valence-corrected chi connectivity index (χ0v) is 13.1. The van der Waals surface area contributed by atoms with Gasteiger partial charge in [0, 0.05) is 34.7 Å². The lowest BCUT2D eigenvalue weighted by atomic mass is 9.94. The van der Waals surface area contributed by atoms with Crippen molar-refractivity contribution in [3.05, 3.63) is 50.6 Å². The van der Waals surface area contributed by atoms with Gasteiger partial charge in [-0.2, -0.15) is 0 Å². The second-order valence-corrected chi connectivity index (χ2v) is 6.79. The van der Waals surface area contributed by atoms with Gasteiger partial charge in [-0.15, -0.1) is 11.3 Å². The van der Waals surface area contributed by atoms with Crippen molar-refractivity contribution in [3.8, 4) is 0 Å². The third kappa shape index (κ3) is 3.19. The lowest BCUT2D eigenvalue weighted by molar-refractivity contribution is 0.484. The number of thiophene rings is 1. The Morgan fingerprint density at radius 1 is 1.32 bits per heavy atom. The van der Waals surface area contributed by atoms with E-state index < -0.39 is 0 Å². The van der Waals surface area contributed by atoms with Crippen molar-refractivity contribution in [1.29, 1.82) is 0 Å². The Balaban J connectivity index is 1.51. The molecule has 19 heavy (non-hydrogen) atoms. The molecule has 1 aromatic carbocycles. The molecule has 0 radical (unpaired) electrons. The molecule has 2 aromatic rings. The summed E-state index contributed by atoms with van der Waals surface area (Å²) in [5.74, 6) is 0.675. The average molecular weight is 337 g/mol. The van der Waals surface area contributed by atoms with Crippen LogP contribution in [0.5, 0.6) is 0 Å². The normalized spacial score (nSPS) is 17.8.